The summed E-state index contributed by atoms with van der Waals surface area (Å²) < 4.78 is 12.8. The van der Waals surface area contributed by atoms with E-state index in [2.05, 4.69) is 0 Å². The summed E-state index contributed by atoms with van der Waals surface area (Å²) in [6.45, 7) is 1.24. The van der Waals surface area contributed by atoms with Crippen molar-refractivity contribution in [3.63, 3.8) is 0 Å². The zero-order valence-electron chi connectivity index (χ0n) is 6.24. The van der Waals surface area contributed by atoms with Gasteiger partial charge in [-0.3, -0.25) is 10.1 Å². The molecule has 0 radical (unpaired) electrons. The Bertz CT molecular complexity index is 338. The fraction of sp³-hybridized carbons (Fsp3) is 0.143. The summed E-state index contributed by atoms with van der Waals surface area (Å²) in [5.74, 6) is -1.51. The molecule has 0 aliphatic heterocycles. The van der Waals surface area contributed by atoms with Crippen molar-refractivity contribution in [2.75, 3.05) is 0 Å². The Morgan fingerprint density at radius 2 is 2.17 bits per heavy atom. The van der Waals surface area contributed by atoms with Gasteiger partial charge in [-0.1, -0.05) is 0 Å². The van der Waals surface area contributed by atoms with Gasteiger partial charge < -0.3 is 5.11 Å². The molecular formula is C7H6FNO3. The average molecular weight is 171 g/mol. The number of nitro benzene ring substituents is 1. The molecule has 1 N–H and O–H groups in total. The lowest BCUT2D eigenvalue weighted by Crippen LogP contribution is -1.94. The van der Waals surface area contributed by atoms with E-state index in [-0.39, 0.29) is 11.3 Å². The zero-order valence-corrected chi connectivity index (χ0v) is 6.24. The minimum atomic E-state index is -0.941. The summed E-state index contributed by atoms with van der Waals surface area (Å²) in [6, 6.07) is 2.02. The largest absolute Gasteiger partial charge is 0.505 e. The molecule has 0 fully saturated rings. The van der Waals surface area contributed by atoms with Crippen LogP contribution in [0, 0.1) is 22.9 Å². The van der Waals surface area contributed by atoms with Gasteiger partial charge >= 0.3 is 0 Å². The van der Waals surface area contributed by atoms with Crippen LogP contribution in [0.1, 0.15) is 5.56 Å². The molecule has 1 aromatic carbocycles. The summed E-state index contributed by atoms with van der Waals surface area (Å²) >= 11 is 0. The standard InChI is InChI=1S/C7H6FNO3/c1-4-5(9(11)12)2-3-6(10)7(4)8/h2-3,10H,1H3. The van der Waals surface area contributed by atoms with Crippen molar-refractivity contribution >= 4 is 5.69 Å². The summed E-state index contributed by atoms with van der Waals surface area (Å²) in [5.41, 5.74) is -0.481. The van der Waals surface area contributed by atoms with Gasteiger partial charge in [0.05, 0.1) is 10.5 Å². The Hall–Kier alpha value is -1.65. The first-order valence-electron chi connectivity index (χ1n) is 3.16. The third-order valence-corrected chi connectivity index (χ3v) is 1.53. The van der Waals surface area contributed by atoms with Crippen molar-refractivity contribution < 1.29 is 14.4 Å². The number of phenols is 1. The van der Waals surface area contributed by atoms with Gasteiger partial charge in [-0.05, 0) is 13.0 Å². The van der Waals surface area contributed by atoms with Crippen molar-refractivity contribution in [3.05, 3.63) is 33.6 Å². The van der Waals surface area contributed by atoms with E-state index in [0.717, 1.165) is 12.1 Å². The number of rotatable bonds is 1. The van der Waals surface area contributed by atoms with E-state index in [9.17, 15) is 14.5 Å². The Morgan fingerprint density at radius 3 is 2.67 bits per heavy atom. The van der Waals surface area contributed by atoms with Gasteiger partial charge in [-0.2, -0.15) is 0 Å². The van der Waals surface area contributed by atoms with E-state index in [0.29, 0.717) is 0 Å². The predicted molar refractivity (Wildman–Crippen MR) is 39.5 cm³/mol. The van der Waals surface area contributed by atoms with Crippen molar-refractivity contribution in [2.45, 2.75) is 6.92 Å². The number of aromatic hydroxyl groups is 1. The summed E-state index contributed by atoms with van der Waals surface area (Å²) in [7, 11) is 0. The molecule has 0 saturated heterocycles. The van der Waals surface area contributed by atoms with Gasteiger partial charge in [0, 0.05) is 6.07 Å². The molecule has 0 bridgehead atoms. The second kappa shape index (κ2) is 2.77. The van der Waals surface area contributed by atoms with Crippen LogP contribution in [0.4, 0.5) is 10.1 Å². The molecule has 0 aliphatic carbocycles. The highest BCUT2D eigenvalue weighted by Crippen LogP contribution is 2.26. The summed E-state index contributed by atoms with van der Waals surface area (Å²) in [5, 5.41) is 19.1. The lowest BCUT2D eigenvalue weighted by atomic mass is 10.2. The van der Waals surface area contributed by atoms with Gasteiger partial charge in [0.2, 0.25) is 0 Å². The molecule has 0 heterocycles. The highest BCUT2D eigenvalue weighted by atomic mass is 19.1. The Kier molecular flexibility index (Phi) is 1.95. The summed E-state index contributed by atoms with van der Waals surface area (Å²) in [6.07, 6.45) is 0. The molecule has 0 saturated carbocycles. The molecule has 4 nitrogen and oxygen atoms in total. The molecule has 0 amide bonds. The number of benzene rings is 1. The maximum absolute atomic E-state index is 12.8. The third-order valence-electron chi connectivity index (χ3n) is 1.53. The smallest absolute Gasteiger partial charge is 0.275 e. The molecule has 64 valence electrons. The minimum Gasteiger partial charge on any atom is -0.505 e. The fourth-order valence-corrected chi connectivity index (χ4v) is 0.858. The number of nitro groups is 1. The van der Waals surface area contributed by atoms with E-state index < -0.39 is 16.5 Å². The Balaban J connectivity index is 3.36. The molecule has 12 heavy (non-hydrogen) atoms. The van der Waals surface area contributed by atoms with Crippen LogP contribution in [-0.4, -0.2) is 10.0 Å². The third kappa shape index (κ3) is 1.20. The number of halogens is 1. The lowest BCUT2D eigenvalue weighted by Gasteiger charge is -1.99. The molecule has 5 heteroatoms. The highest BCUT2D eigenvalue weighted by molar-refractivity contribution is 5.45. The zero-order chi connectivity index (χ0) is 9.30. The van der Waals surface area contributed by atoms with Gasteiger partial charge in [0.25, 0.3) is 5.69 Å². The predicted octanol–water partition coefficient (Wildman–Crippen LogP) is 1.75. The fourth-order valence-electron chi connectivity index (χ4n) is 0.858. The van der Waals surface area contributed by atoms with Crippen LogP contribution in [0.3, 0.4) is 0 Å². The van der Waals surface area contributed by atoms with Crippen LogP contribution in [0.5, 0.6) is 5.75 Å². The molecule has 1 aromatic rings. The maximum Gasteiger partial charge on any atom is 0.275 e. The lowest BCUT2D eigenvalue weighted by molar-refractivity contribution is -0.385. The van der Waals surface area contributed by atoms with Crippen molar-refractivity contribution in [3.8, 4) is 5.75 Å². The Morgan fingerprint density at radius 1 is 1.58 bits per heavy atom. The van der Waals surface area contributed by atoms with E-state index >= 15 is 0 Å². The van der Waals surface area contributed by atoms with Gasteiger partial charge in [-0.15, -0.1) is 0 Å². The van der Waals surface area contributed by atoms with Crippen LogP contribution >= 0.6 is 0 Å². The normalized spacial score (nSPS) is 9.83. The van der Waals surface area contributed by atoms with Crippen molar-refractivity contribution in [2.24, 2.45) is 0 Å². The van der Waals surface area contributed by atoms with Gasteiger partial charge in [0.1, 0.15) is 0 Å². The van der Waals surface area contributed by atoms with E-state index in [1.807, 2.05) is 0 Å². The Labute approximate surface area is 67.4 Å². The maximum atomic E-state index is 12.8. The molecular weight excluding hydrogens is 165 g/mol. The average Bonchev–Trinajstić information content (AvgIpc) is 2.00. The topological polar surface area (TPSA) is 63.4 Å². The SMILES string of the molecule is Cc1c([N+](=O)[O-])ccc(O)c1F. The van der Waals surface area contributed by atoms with Crippen molar-refractivity contribution in [1.82, 2.24) is 0 Å². The molecule has 0 aromatic heterocycles. The molecule has 1 rings (SSSR count). The number of hydrogen-bond acceptors (Lipinski definition) is 3. The van der Waals surface area contributed by atoms with Crippen LogP contribution in [0.15, 0.2) is 12.1 Å². The van der Waals surface area contributed by atoms with Crippen molar-refractivity contribution in [1.29, 1.82) is 0 Å². The quantitative estimate of drug-likeness (QED) is 0.517. The second-order valence-corrected chi connectivity index (χ2v) is 2.30. The van der Waals surface area contributed by atoms with Crippen LogP contribution < -0.4 is 0 Å². The second-order valence-electron chi connectivity index (χ2n) is 2.30. The van der Waals surface area contributed by atoms with Gasteiger partial charge in [0.15, 0.2) is 11.6 Å². The minimum absolute atomic E-state index is 0.153. The molecule has 0 unspecified atom stereocenters. The number of hydrogen-bond donors (Lipinski definition) is 1. The van der Waals surface area contributed by atoms with Crippen LogP contribution in [0.25, 0.3) is 0 Å². The number of phenolic OH excluding ortho intramolecular Hbond substituents is 1. The summed E-state index contributed by atoms with van der Waals surface area (Å²) in [4.78, 5) is 9.55. The van der Waals surface area contributed by atoms with E-state index in [4.69, 9.17) is 5.11 Å². The van der Waals surface area contributed by atoms with Crippen LogP contribution in [0.2, 0.25) is 0 Å². The van der Waals surface area contributed by atoms with Crippen LogP contribution in [-0.2, 0) is 0 Å². The van der Waals surface area contributed by atoms with E-state index in [1.54, 1.807) is 0 Å². The monoisotopic (exact) mass is 171 g/mol. The first-order valence-corrected chi connectivity index (χ1v) is 3.16. The highest BCUT2D eigenvalue weighted by Gasteiger charge is 2.16. The molecule has 0 spiro atoms. The van der Waals surface area contributed by atoms with Gasteiger partial charge in [-0.25, -0.2) is 4.39 Å². The first kappa shape index (κ1) is 8.45. The van der Waals surface area contributed by atoms with E-state index in [1.165, 1.54) is 6.92 Å². The first-order chi connectivity index (χ1) is 5.54. The number of nitrogens with zero attached hydrogens (tertiary/aromatic N) is 1. The molecule has 0 atom stereocenters. The molecule has 0 aliphatic rings.